The fourth-order valence-corrected chi connectivity index (χ4v) is 2.26. The molecule has 0 saturated carbocycles. The van der Waals surface area contributed by atoms with Crippen molar-refractivity contribution in [2.75, 3.05) is 25.6 Å². The predicted molar refractivity (Wildman–Crippen MR) is 87.8 cm³/mol. The van der Waals surface area contributed by atoms with E-state index >= 15 is 0 Å². The SMILES string of the molecule is COCCCNc1nc(-c2cccnc2)nc2ccccc12. The van der Waals surface area contributed by atoms with Crippen LogP contribution in [0.3, 0.4) is 0 Å². The van der Waals surface area contributed by atoms with E-state index in [9.17, 15) is 0 Å². The highest BCUT2D eigenvalue weighted by molar-refractivity contribution is 5.90. The maximum Gasteiger partial charge on any atom is 0.163 e. The van der Waals surface area contributed by atoms with E-state index in [1.807, 2.05) is 36.4 Å². The topological polar surface area (TPSA) is 59.9 Å². The maximum absolute atomic E-state index is 5.08. The molecule has 0 unspecified atom stereocenters. The molecule has 0 fully saturated rings. The number of pyridine rings is 1. The van der Waals surface area contributed by atoms with Gasteiger partial charge in [0.2, 0.25) is 0 Å². The van der Waals surface area contributed by atoms with Gasteiger partial charge in [0.15, 0.2) is 5.82 Å². The Morgan fingerprint density at radius 1 is 1.09 bits per heavy atom. The zero-order valence-corrected chi connectivity index (χ0v) is 12.5. The molecule has 5 heteroatoms. The van der Waals surface area contributed by atoms with Crippen molar-refractivity contribution in [1.29, 1.82) is 0 Å². The summed E-state index contributed by atoms with van der Waals surface area (Å²) in [5, 5.41) is 4.40. The summed E-state index contributed by atoms with van der Waals surface area (Å²) in [5.74, 6) is 1.53. The number of ether oxygens (including phenoxy) is 1. The Morgan fingerprint density at radius 2 is 2.00 bits per heavy atom. The van der Waals surface area contributed by atoms with Crippen LogP contribution in [0.5, 0.6) is 0 Å². The zero-order chi connectivity index (χ0) is 15.2. The van der Waals surface area contributed by atoms with Crippen molar-refractivity contribution < 1.29 is 4.74 Å². The first-order valence-corrected chi connectivity index (χ1v) is 7.28. The number of aromatic nitrogens is 3. The minimum Gasteiger partial charge on any atom is -0.385 e. The quantitative estimate of drug-likeness (QED) is 0.708. The third kappa shape index (κ3) is 3.20. The summed E-state index contributed by atoms with van der Waals surface area (Å²) < 4.78 is 5.08. The number of rotatable bonds is 6. The Bertz CT molecular complexity index is 746. The summed E-state index contributed by atoms with van der Waals surface area (Å²) in [5.41, 5.74) is 1.83. The number of nitrogens with one attached hydrogen (secondary N) is 1. The molecule has 22 heavy (non-hydrogen) atoms. The number of benzene rings is 1. The standard InChI is InChI=1S/C17H18N4O/c1-22-11-5-10-19-17-14-7-2-3-8-15(14)20-16(21-17)13-6-4-9-18-12-13/h2-4,6-9,12H,5,10-11H2,1H3,(H,19,20,21). The Labute approximate surface area is 129 Å². The molecule has 112 valence electrons. The molecule has 0 atom stereocenters. The molecule has 0 aliphatic heterocycles. The minimum atomic E-state index is 0.682. The Balaban J connectivity index is 1.97. The highest BCUT2D eigenvalue weighted by Crippen LogP contribution is 2.24. The van der Waals surface area contributed by atoms with Crippen LogP contribution in [0.1, 0.15) is 6.42 Å². The van der Waals surface area contributed by atoms with Crippen molar-refractivity contribution >= 4 is 16.7 Å². The van der Waals surface area contributed by atoms with Crippen molar-refractivity contribution in [3.8, 4) is 11.4 Å². The molecule has 0 aliphatic carbocycles. The highest BCUT2D eigenvalue weighted by Gasteiger charge is 2.08. The summed E-state index contributed by atoms with van der Waals surface area (Å²) in [6, 6.07) is 11.9. The summed E-state index contributed by atoms with van der Waals surface area (Å²) >= 11 is 0. The van der Waals surface area contributed by atoms with Crippen LogP contribution in [-0.4, -0.2) is 35.2 Å². The normalized spacial score (nSPS) is 10.8. The first-order chi connectivity index (χ1) is 10.9. The number of methoxy groups -OCH3 is 1. The first-order valence-electron chi connectivity index (χ1n) is 7.28. The van der Waals surface area contributed by atoms with Gasteiger partial charge in [-0.05, 0) is 30.7 Å². The van der Waals surface area contributed by atoms with E-state index in [-0.39, 0.29) is 0 Å². The van der Waals surface area contributed by atoms with Gasteiger partial charge in [-0.15, -0.1) is 0 Å². The number of hydrogen-bond donors (Lipinski definition) is 1. The minimum absolute atomic E-state index is 0.682. The van der Waals surface area contributed by atoms with Gasteiger partial charge in [0.25, 0.3) is 0 Å². The van der Waals surface area contributed by atoms with Crippen LogP contribution >= 0.6 is 0 Å². The van der Waals surface area contributed by atoms with Gasteiger partial charge in [-0.25, -0.2) is 9.97 Å². The molecule has 2 heterocycles. The van der Waals surface area contributed by atoms with E-state index in [1.54, 1.807) is 19.5 Å². The number of fused-ring (bicyclic) bond motifs is 1. The molecule has 5 nitrogen and oxygen atoms in total. The maximum atomic E-state index is 5.08. The van der Waals surface area contributed by atoms with E-state index < -0.39 is 0 Å². The van der Waals surface area contributed by atoms with Gasteiger partial charge >= 0.3 is 0 Å². The predicted octanol–water partition coefficient (Wildman–Crippen LogP) is 3.14. The molecule has 0 amide bonds. The third-order valence-electron chi connectivity index (χ3n) is 3.34. The smallest absolute Gasteiger partial charge is 0.163 e. The second-order valence-electron chi connectivity index (χ2n) is 4.93. The van der Waals surface area contributed by atoms with Gasteiger partial charge in [-0.3, -0.25) is 4.98 Å². The second kappa shape index (κ2) is 6.95. The lowest BCUT2D eigenvalue weighted by atomic mass is 10.2. The molecule has 3 aromatic rings. The van der Waals surface area contributed by atoms with Crippen molar-refractivity contribution in [2.45, 2.75) is 6.42 Å². The number of hydrogen-bond acceptors (Lipinski definition) is 5. The average molecular weight is 294 g/mol. The summed E-state index contributed by atoms with van der Waals surface area (Å²) in [4.78, 5) is 13.4. The van der Waals surface area contributed by atoms with Crippen LogP contribution in [0, 0.1) is 0 Å². The lowest BCUT2D eigenvalue weighted by molar-refractivity contribution is 0.198. The fraction of sp³-hybridized carbons (Fsp3) is 0.235. The molecule has 0 radical (unpaired) electrons. The molecule has 2 aromatic heterocycles. The van der Waals surface area contributed by atoms with Crippen molar-refractivity contribution in [3.05, 3.63) is 48.8 Å². The van der Waals surface area contributed by atoms with Gasteiger partial charge in [0.05, 0.1) is 5.52 Å². The molecule has 3 rings (SSSR count). The Hall–Kier alpha value is -2.53. The van der Waals surface area contributed by atoms with Crippen LogP contribution in [0.15, 0.2) is 48.8 Å². The molecule has 0 spiro atoms. The summed E-state index contributed by atoms with van der Waals surface area (Å²) in [6.45, 7) is 1.53. The molecular weight excluding hydrogens is 276 g/mol. The van der Waals surface area contributed by atoms with Crippen LogP contribution in [0.25, 0.3) is 22.3 Å². The zero-order valence-electron chi connectivity index (χ0n) is 12.5. The number of nitrogens with zero attached hydrogens (tertiary/aromatic N) is 3. The van der Waals surface area contributed by atoms with Crippen molar-refractivity contribution in [1.82, 2.24) is 15.0 Å². The first kappa shape index (κ1) is 14.4. The summed E-state index contributed by atoms with van der Waals surface area (Å²) in [6.07, 6.45) is 4.45. The molecule has 1 aromatic carbocycles. The van der Waals surface area contributed by atoms with Crippen LogP contribution < -0.4 is 5.32 Å². The highest BCUT2D eigenvalue weighted by atomic mass is 16.5. The van der Waals surface area contributed by atoms with Gasteiger partial charge in [0, 0.05) is 43.6 Å². The lowest BCUT2D eigenvalue weighted by Gasteiger charge is -2.10. The van der Waals surface area contributed by atoms with Gasteiger partial charge in [-0.2, -0.15) is 0 Å². The molecule has 0 saturated heterocycles. The third-order valence-corrected chi connectivity index (χ3v) is 3.34. The van der Waals surface area contributed by atoms with E-state index in [2.05, 4.69) is 20.3 Å². The Kier molecular flexibility index (Phi) is 4.56. The number of anilines is 1. The monoisotopic (exact) mass is 294 g/mol. The van der Waals surface area contributed by atoms with Crippen LogP contribution in [-0.2, 0) is 4.74 Å². The van der Waals surface area contributed by atoms with Gasteiger partial charge in [-0.1, -0.05) is 12.1 Å². The van der Waals surface area contributed by atoms with Gasteiger partial charge in [0.1, 0.15) is 5.82 Å². The Morgan fingerprint density at radius 3 is 2.82 bits per heavy atom. The molecular formula is C17H18N4O. The fourth-order valence-electron chi connectivity index (χ4n) is 2.26. The van der Waals surface area contributed by atoms with Crippen molar-refractivity contribution in [2.24, 2.45) is 0 Å². The second-order valence-corrected chi connectivity index (χ2v) is 4.93. The molecule has 1 N–H and O–H groups in total. The lowest BCUT2D eigenvalue weighted by Crippen LogP contribution is -2.07. The van der Waals surface area contributed by atoms with E-state index in [0.29, 0.717) is 5.82 Å². The van der Waals surface area contributed by atoms with E-state index in [4.69, 9.17) is 4.74 Å². The summed E-state index contributed by atoms with van der Waals surface area (Å²) in [7, 11) is 1.71. The molecule has 0 bridgehead atoms. The van der Waals surface area contributed by atoms with Crippen LogP contribution in [0.2, 0.25) is 0 Å². The average Bonchev–Trinajstić information content (AvgIpc) is 2.59. The number of para-hydroxylation sites is 1. The molecule has 0 aliphatic rings. The van der Waals surface area contributed by atoms with Crippen LogP contribution in [0.4, 0.5) is 5.82 Å². The van der Waals surface area contributed by atoms with E-state index in [1.165, 1.54) is 0 Å². The largest absolute Gasteiger partial charge is 0.385 e. The van der Waals surface area contributed by atoms with Gasteiger partial charge < -0.3 is 10.1 Å². The van der Waals surface area contributed by atoms with E-state index in [0.717, 1.165) is 41.9 Å². The van der Waals surface area contributed by atoms with Crippen molar-refractivity contribution in [3.63, 3.8) is 0 Å².